The Bertz CT molecular complexity index is 1060. The van der Waals surface area contributed by atoms with Crippen molar-refractivity contribution in [1.29, 1.82) is 0 Å². The number of anilines is 3. The van der Waals surface area contributed by atoms with E-state index in [1.165, 1.54) is 0 Å². The van der Waals surface area contributed by atoms with Crippen molar-refractivity contribution in [3.63, 3.8) is 0 Å². The highest BCUT2D eigenvalue weighted by atomic mass is 16.5. The van der Waals surface area contributed by atoms with E-state index in [-0.39, 0.29) is 19.1 Å². The van der Waals surface area contributed by atoms with Crippen molar-refractivity contribution < 1.29 is 19.0 Å². The van der Waals surface area contributed by atoms with E-state index in [0.717, 1.165) is 5.56 Å². The fourth-order valence-electron chi connectivity index (χ4n) is 3.48. The second-order valence-electron chi connectivity index (χ2n) is 7.08. The molecule has 0 saturated carbocycles. The van der Waals surface area contributed by atoms with Gasteiger partial charge in [-0.15, -0.1) is 0 Å². The Kier molecular flexibility index (Phi) is 5.32. The zero-order chi connectivity index (χ0) is 21.0. The van der Waals surface area contributed by atoms with Gasteiger partial charge in [-0.2, -0.15) is 9.97 Å². The molecule has 0 aliphatic carbocycles. The lowest BCUT2D eigenvalue weighted by atomic mass is 10.2. The molecular weight excluding hydrogens is 398 g/mol. The molecule has 9 nitrogen and oxygen atoms in total. The number of para-hydroxylation sites is 1. The van der Waals surface area contributed by atoms with E-state index < -0.39 is 0 Å². The first kappa shape index (κ1) is 19.3. The minimum atomic E-state index is -0.205. The lowest BCUT2D eigenvalue weighted by Gasteiger charge is -2.32. The third-order valence-corrected chi connectivity index (χ3v) is 5.01. The van der Waals surface area contributed by atoms with E-state index in [9.17, 15) is 4.79 Å². The number of ether oxygens (including phenoxy) is 3. The van der Waals surface area contributed by atoms with Gasteiger partial charge in [0.25, 0.3) is 11.8 Å². The van der Waals surface area contributed by atoms with E-state index >= 15 is 0 Å². The van der Waals surface area contributed by atoms with Crippen molar-refractivity contribution in [2.24, 2.45) is 0 Å². The molecule has 1 amide bonds. The molecule has 4 heterocycles. The summed E-state index contributed by atoms with van der Waals surface area (Å²) < 4.78 is 17.2. The predicted octanol–water partition coefficient (Wildman–Crippen LogP) is 2.34. The molecule has 5 rings (SSSR count). The van der Waals surface area contributed by atoms with Crippen LogP contribution in [0.2, 0.25) is 0 Å². The van der Waals surface area contributed by atoms with Crippen LogP contribution in [0.25, 0.3) is 0 Å². The van der Waals surface area contributed by atoms with Crippen molar-refractivity contribution in [3.8, 4) is 11.6 Å². The Balaban J connectivity index is 1.57. The molecule has 31 heavy (non-hydrogen) atoms. The van der Waals surface area contributed by atoms with Crippen LogP contribution in [-0.2, 0) is 16.1 Å². The molecule has 9 heteroatoms. The third kappa shape index (κ3) is 3.99. The third-order valence-electron chi connectivity index (χ3n) is 5.01. The summed E-state index contributed by atoms with van der Waals surface area (Å²) in [6.45, 7) is 2.63. The fourth-order valence-corrected chi connectivity index (χ4v) is 3.48. The largest absolute Gasteiger partial charge is 0.475 e. The molecule has 0 unspecified atom stereocenters. The molecule has 2 aliphatic rings. The standard InChI is InChI=1S/C22H21N5O4/c28-18-15-30-19-20(27(18)17-6-2-1-3-7-17)24-22(26-9-11-29-12-10-26)25-21(19)31-14-16-5-4-8-23-13-16/h1-8,13H,9-12,14-15H2. The number of morpholine rings is 1. The molecule has 0 bridgehead atoms. The SMILES string of the molecule is O=C1COc2c(OCc3cccnc3)nc(N3CCOCC3)nc2N1c1ccccc1. The average Bonchev–Trinajstić information content (AvgIpc) is 2.84. The number of amides is 1. The van der Waals surface area contributed by atoms with E-state index in [0.29, 0.717) is 55.4 Å². The summed E-state index contributed by atoms with van der Waals surface area (Å²) in [6, 6.07) is 13.1. The molecule has 158 valence electrons. The Labute approximate surface area is 179 Å². The van der Waals surface area contributed by atoms with Gasteiger partial charge < -0.3 is 19.1 Å². The van der Waals surface area contributed by atoms with Gasteiger partial charge in [-0.25, -0.2) is 0 Å². The summed E-state index contributed by atoms with van der Waals surface area (Å²) in [5, 5.41) is 0. The van der Waals surface area contributed by atoms with Crippen molar-refractivity contribution in [3.05, 3.63) is 60.4 Å². The van der Waals surface area contributed by atoms with Crippen molar-refractivity contribution in [2.45, 2.75) is 6.61 Å². The highest BCUT2D eigenvalue weighted by molar-refractivity contribution is 6.03. The molecule has 0 N–H and O–H groups in total. The van der Waals surface area contributed by atoms with E-state index in [1.807, 2.05) is 47.4 Å². The van der Waals surface area contributed by atoms with Crippen LogP contribution in [0.1, 0.15) is 5.56 Å². The van der Waals surface area contributed by atoms with Gasteiger partial charge in [-0.05, 0) is 18.2 Å². The van der Waals surface area contributed by atoms with Gasteiger partial charge in [-0.3, -0.25) is 14.7 Å². The first-order valence-corrected chi connectivity index (χ1v) is 10.1. The normalized spacial score (nSPS) is 15.9. The maximum Gasteiger partial charge on any atom is 0.270 e. The Morgan fingerprint density at radius 3 is 2.65 bits per heavy atom. The van der Waals surface area contributed by atoms with Gasteiger partial charge in [-0.1, -0.05) is 24.3 Å². The minimum Gasteiger partial charge on any atom is -0.475 e. The minimum absolute atomic E-state index is 0.120. The number of hydrogen-bond acceptors (Lipinski definition) is 8. The molecular formula is C22H21N5O4. The lowest BCUT2D eigenvalue weighted by Crippen LogP contribution is -2.39. The maximum absolute atomic E-state index is 12.8. The number of pyridine rings is 1. The van der Waals surface area contributed by atoms with Crippen LogP contribution in [0, 0.1) is 0 Å². The highest BCUT2D eigenvalue weighted by Gasteiger charge is 2.33. The first-order chi connectivity index (χ1) is 15.3. The molecule has 1 aromatic carbocycles. The topological polar surface area (TPSA) is 89.9 Å². The predicted molar refractivity (Wildman–Crippen MR) is 113 cm³/mol. The molecule has 2 aliphatic heterocycles. The van der Waals surface area contributed by atoms with Gasteiger partial charge in [0.05, 0.1) is 18.9 Å². The molecule has 0 spiro atoms. The van der Waals surface area contributed by atoms with Crippen LogP contribution in [0.15, 0.2) is 54.9 Å². The van der Waals surface area contributed by atoms with Crippen molar-refractivity contribution in [1.82, 2.24) is 15.0 Å². The Morgan fingerprint density at radius 1 is 1.03 bits per heavy atom. The zero-order valence-electron chi connectivity index (χ0n) is 16.8. The second kappa shape index (κ2) is 8.57. The zero-order valence-corrected chi connectivity index (χ0v) is 16.8. The number of nitrogens with zero attached hydrogens (tertiary/aromatic N) is 5. The first-order valence-electron chi connectivity index (χ1n) is 10.1. The number of carbonyl (C=O) groups excluding carboxylic acids is 1. The van der Waals surface area contributed by atoms with Crippen molar-refractivity contribution >= 4 is 23.4 Å². The maximum atomic E-state index is 12.8. The van der Waals surface area contributed by atoms with Crippen LogP contribution in [-0.4, -0.2) is 53.8 Å². The van der Waals surface area contributed by atoms with Gasteiger partial charge in [0.1, 0.15) is 6.61 Å². The van der Waals surface area contributed by atoms with Crippen LogP contribution >= 0.6 is 0 Å². The monoisotopic (exact) mass is 419 g/mol. The second-order valence-corrected chi connectivity index (χ2v) is 7.08. The average molecular weight is 419 g/mol. The smallest absolute Gasteiger partial charge is 0.270 e. The summed E-state index contributed by atoms with van der Waals surface area (Å²) in [7, 11) is 0. The lowest BCUT2D eigenvalue weighted by molar-refractivity contribution is -0.120. The quantitative estimate of drug-likeness (QED) is 0.623. The number of hydrogen-bond donors (Lipinski definition) is 0. The summed E-state index contributed by atoms with van der Waals surface area (Å²) in [6.07, 6.45) is 3.44. The molecule has 1 fully saturated rings. The van der Waals surface area contributed by atoms with Gasteiger partial charge in [0.2, 0.25) is 11.7 Å². The number of aromatic nitrogens is 3. The molecule has 0 atom stereocenters. The van der Waals surface area contributed by atoms with Crippen LogP contribution in [0.5, 0.6) is 11.6 Å². The number of benzene rings is 1. The van der Waals surface area contributed by atoms with Crippen molar-refractivity contribution in [2.75, 3.05) is 42.7 Å². The van der Waals surface area contributed by atoms with Crippen LogP contribution in [0.3, 0.4) is 0 Å². The number of rotatable bonds is 5. The van der Waals surface area contributed by atoms with Gasteiger partial charge >= 0.3 is 0 Å². The number of fused-ring (bicyclic) bond motifs is 1. The Morgan fingerprint density at radius 2 is 1.87 bits per heavy atom. The summed E-state index contributed by atoms with van der Waals surface area (Å²) in [4.78, 5) is 29.8. The summed E-state index contributed by atoms with van der Waals surface area (Å²) in [5.74, 6) is 1.29. The molecule has 3 aromatic rings. The number of carbonyl (C=O) groups is 1. The summed E-state index contributed by atoms with van der Waals surface area (Å²) in [5.41, 5.74) is 1.61. The van der Waals surface area contributed by atoms with E-state index in [2.05, 4.69) is 9.97 Å². The van der Waals surface area contributed by atoms with E-state index in [4.69, 9.17) is 19.2 Å². The summed E-state index contributed by atoms with van der Waals surface area (Å²) >= 11 is 0. The highest BCUT2D eigenvalue weighted by Crippen LogP contribution is 2.42. The molecule has 1 saturated heterocycles. The van der Waals surface area contributed by atoms with Gasteiger partial charge in [0.15, 0.2) is 12.4 Å². The molecule has 2 aromatic heterocycles. The van der Waals surface area contributed by atoms with E-state index in [1.54, 1.807) is 17.3 Å². The van der Waals surface area contributed by atoms with Crippen LogP contribution in [0.4, 0.5) is 17.5 Å². The van der Waals surface area contributed by atoms with Gasteiger partial charge in [0, 0.05) is 31.0 Å². The van der Waals surface area contributed by atoms with Crippen LogP contribution < -0.4 is 19.3 Å². The molecule has 0 radical (unpaired) electrons. The fraction of sp³-hybridized carbons (Fsp3) is 0.273. The Hall–Kier alpha value is -3.72.